The van der Waals surface area contributed by atoms with Crippen LogP contribution in [-0.2, 0) is 6.42 Å². The predicted molar refractivity (Wildman–Crippen MR) is 65.9 cm³/mol. The van der Waals surface area contributed by atoms with Gasteiger partial charge in [0.1, 0.15) is 5.75 Å². The van der Waals surface area contributed by atoms with Crippen LogP contribution >= 0.6 is 11.6 Å². The Hall–Kier alpha value is -1.20. The van der Waals surface area contributed by atoms with E-state index in [1.54, 1.807) is 7.11 Å². The lowest BCUT2D eigenvalue weighted by Gasteiger charge is -2.09. The van der Waals surface area contributed by atoms with E-state index in [0.717, 1.165) is 25.0 Å². The zero-order valence-electron chi connectivity index (χ0n) is 9.72. The van der Waals surface area contributed by atoms with Gasteiger partial charge in [0, 0.05) is 6.42 Å². The van der Waals surface area contributed by atoms with Crippen LogP contribution in [0.25, 0.3) is 0 Å². The van der Waals surface area contributed by atoms with Gasteiger partial charge in [0.15, 0.2) is 0 Å². The number of methoxy groups -OCH3 is 1. The maximum Gasteiger partial charge on any atom is 0.137 e. The maximum absolute atomic E-state index is 8.44. The van der Waals surface area contributed by atoms with Crippen molar-refractivity contribution in [3.63, 3.8) is 0 Å². The third-order valence-electron chi connectivity index (χ3n) is 2.60. The van der Waals surface area contributed by atoms with Gasteiger partial charge in [-0.15, -0.1) is 0 Å². The second-order valence-electron chi connectivity index (χ2n) is 3.78. The molecule has 1 aromatic rings. The van der Waals surface area contributed by atoms with Gasteiger partial charge in [-0.05, 0) is 49.4 Å². The quantitative estimate of drug-likeness (QED) is 0.728. The van der Waals surface area contributed by atoms with E-state index in [2.05, 4.69) is 13.0 Å². The van der Waals surface area contributed by atoms with E-state index in [0.29, 0.717) is 11.4 Å². The van der Waals surface area contributed by atoms with Gasteiger partial charge >= 0.3 is 0 Å². The number of nitrogens with zero attached hydrogens (tertiary/aromatic N) is 1. The fourth-order valence-electron chi connectivity index (χ4n) is 1.64. The van der Waals surface area contributed by atoms with Crippen LogP contribution in [-0.4, -0.2) is 7.11 Å². The largest absolute Gasteiger partial charge is 0.495 e. The first-order valence-corrected chi connectivity index (χ1v) is 5.76. The van der Waals surface area contributed by atoms with Crippen molar-refractivity contribution in [3.8, 4) is 11.8 Å². The Balaban J connectivity index is 2.67. The molecule has 2 nitrogen and oxygen atoms in total. The molecule has 0 spiro atoms. The fraction of sp³-hybridized carbons (Fsp3) is 0.462. The van der Waals surface area contributed by atoms with Crippen LogP contribution in [0.4, 0.5) is 0 Å². The summed E-state index contributed by atoms with van der Waals surface area (Å²) >= 11 is 6.06. The SMILES string of the molecule is COc1cc(C)c(CCCCC#N)cc1Cl. The molecule has 1 aromatic carbocycles. The van der Waals surface area contributed by atoms with Crippen LogP contribution in [0.3, 0.4) is 0 Å². The molecule has 0 aromatic heterocycles. The molecule has 0 saturated heterocycles. The molecule has 0 fully saturated rings. The van der Waals surface area contributed by atoms with Gasteiger partial charge in [0.2, 0.25) is 0 Å². The minimum Gasteiger partial charge on any atom is -0.495 e. The number of hydrogen-bond donors (Lipinski definition) is 0. The lowest BCUT2D eigenvalue weighted by atomic mass is 10.0. The molecule has 0 N–H and O–H groups in total. The van der Waals surface area contributed by atoms with Crippen LogP contribution in [0.1, 0.15) is 30.4 Å². The first-order valence-electron chi connectivity index (χ1n) is 5.39. The molecule has 0 bridgehead atoms. The smallest absolute Gasteiger partial charge is 0.137 e. The van der Waals surface area contributed by atoms with Gasteiger partial charge in [-0.1, -0.05) is 11.6 Å². The Morgan fingerprint density at radius 2 is 2.12 bits per heavy atom. The third-order valence-corrected chi connectivity index (χ3v) is 2.89. The summed E-state index contributed by atoms with van der Waals surface area (Å²) in [7, 11) is 1.62. The molecular formula is C13H16ClNO. The zero-order chi connectivity index (χ0) is 12.0. The zero-order valence-corrected chi connectivity index (χ0v) is 10.5. The number of unbranched alkanes of at least 4 members (excludes halogenated alkanes) is 2. The summed E-state index contributed by atoms with van der Waals surface area (Å²) in [4.78, 5) is 0. The molecule has 86 valence electrons. The molecule has 0 aliphatic carbocycles. The molecule has 1 rings (SSSR count). The minimum absolute atomic E-state index is 0.628. The summed E-state index contributed by atoms with van der Waals surface area (Å²) in [6, 6.07) is 6.07. The van der Waals surface area contributed by atoms with Crippen molar-refractivity contribution in [2.24, 2.45) is 0 Å². The highest BCUT2D eigenvalue weighted by Gasteiger charge is 2.05. The summed E-state index contributed by atoms with van der Waals surface area (Å²) in [5, 5.41) is 9.10. The average molecular weight is 238 g/mol. The normalized spacial score (nSPS) is 9.88. The number of ether oxygens (including phenoxy) is 1. The predicted octanol–water partition coefficient (Wildman–Crippen LogP) is 3.89. The highest BCUT2D eigenvalue weighted by atomic mass is 35.5. The molecule has 3 heteroatoms. The van der Waals surface area contributed by atoms with Crippen molar-refractivity contribution >= 4 is 11.6 Å². The van der Waals surface area contributed by atoms with Gasteiger partial charge in [0.05, 0.1) is 18.2 Å². The Morgan fingerprint density at radius 3 is 2.75 bits per heavy atom. The van der Waals surface area contributed by atoms with E-state index in [1.807, 2.05) is 12.1 Å². The molecule has 0 heterocycles. The lowest BCUT2D eigenvalue weighted by molar-refractivity contribution is 0.414. The van der Waals surface area contributed by atoms with E-state index in [9.17, 15) is 0 Å². The number of rotatable bonds is 5. The Morgan fingerprint density at radius 1 is 1.38 bits per heavy atom. The molecule has 0 unspecified atom stereocenters. The topological polar surface area (TPSA) is 33.0 Å². The van der Waals surface area contributed by atoms with E-state index < -0.39 is 0 Å². The van der Waals surface area contributed by atoms with Crippen LogP contribution in [0, 0.1) is 18.3 Å². The summed E-state index contributed by atoms with van der Waals surface area (Å²) in [6.07, 6.45) is 3.57. The van der Waals surface area contributed by atoms with Crippen LogP contribution in [0.2, 0.25) is 5.02 Å². The van der Waals surface area contributed by atoms with Crippen molar-refractivity contribution < 1.29 is 4.74 Å². The summed E-state index contributed by atoms with van der Waals surface area (Å²) < 4.78 is 5.15. The summed E-state index contributed by atoms with van der Waals surface area (Å²) in [6.45, 7) is 2.05. The molecule has 0 saturated carbocycles. The standard InChI is InChI=1S/C13H16ClNO/c1-10-8-13(16-2)12(14)9-11(10)6-4-3-5-7-15/h8-9H,3-6H2,1-2H3. The monoisotopic (exact) mass is 237 g/mol. The number of benzene rings is 1. The molecule has 0 amide bonds. The molecule has 16 heavy (non-hydrogen) atoms. The second kappa shape index (κ2) is 6.40. The second-order valence-corrected chi connectivity index (χ2v) is 4.19. The van der Waals surface area contributed by atoms with Gasteiger partial charge in [-0.3, -0.25) is 0 Å². The number of hydrogen-bond acceptors (Lipinski definition) is 2. The number of nitriles is 1. The molecule has 0 atom stereocenters. The van der Waals surface area contributed by atoms with Gasteiger partial charge in [-0.25, -0.2) is 0 Å². The van der Waals surface area contributed by atoms with Crippen LogP contribution in [0.5, 0.6) is 5.75 Å². The molecule has 0 aliphatic heterocycles. The van der Waals surface area contributed by atoms with Gasteiger partial charge < -0.3 is 4.74 Å². The first-order chi connectivity index (χ1) is 7.69. The van der Waals surface area contributed by atoms with Crippen molar-refractivity contribution in [2.45, 2.75) is 32.6 Å². The van der Waals surface area contributed by atoms with Crippen molar-refractivity contribution in [2.75, 3.05) is 7.11 Å². The van der Waals surface area contributed by atoms with E-state index in [4.69, 9.17) is 21.6 Å². The van der Waals surface area contributed by atoms with Crippen molar-refractivity contribution in [1.29, 1.82) is 5.26 Å². The van der Waals surface area contributed by atoms with Gasteiger partial charge in [0.25, 0.3) is 0 Å². The van der Waals surface area contributed by atoms with Gasteiger partial charge in [-0.2, -0.15) is 5.26 Å². The molecule has 0 radical (unpaired) electrons. The molecular weight excluding hydrogens is 222 g/mol. The average Bonchev–Trinajstić information content (AvgIpc) is 2.28. The summed E-state index contributed by atoms with van der Waals surface area (Å²) in [5.41, 5.74) is 2.43. The summed E-state index contributed by atoms with van der Waals surface area (Å²) in [5.74, 6) is 0.722. The number of aryl methyl sites for hydroxylation is 2. The lowest BCUT2D eigenvalue weighted by Crippen LogP contribution is -1.93. The highest BCUT2D eigenvalue weighted by molar-refractivity contribution is 6.32. The number of halogens is 1. The fourth-order valence-corrected chi connectivity index (χ4v) is 1.90. The first kappa shape index (κ1) is 12.9. The van der Waals surface area contributed by atoms with Crippen molar-refractivity contribution in [1.82, 2.24) is 0 Å². The minimum atomic E-state index is 0.628. The molecule has 0 aliphatic rings. The third kappa shape index (κ3) is 3.43. The maximum atomic E-state index is 8.44. The van der Waals surface area contributed by atoms with Crippen LogP contribution in [0.15, 0.2) is 12.1 Å². The van der Waals surface area contributed by atoms with Crippen molar-refractivity contribution in [3.05, 3.63) is 28.3 Å². The van der Waals surface area contributed by atoms with E-state index in [1.165, 1.54) is 11.1 Å². The Labute approximate surface area is 102 Å². The Kier molecular flexibility index (Phi) is 5.14. The van der Waals surface area contributed by atoms with Crippen LogP contribution < -0.4 is 4.74 Å². The Bertz CT molecular complexity index is 396. The highest BCUT2D eigenvalue weighted by Crippen LogP contribution is 2.28. The van der Waals surface area contributed by atoms with E-state index in [-0.39, 0.29) is 0 Å². The van der Waals surface area contributed by atoms with E-state index >= 15 is 0 Å².